The molecule has 0 atom stereocenters. The van der Waals surface area contributed by atoms with E-state index >= 15 is 0 Å². The van der Waals surface area contributed by atoms with Gasteiger partial charge in [-0.15, -0.1) is 0 Å². The highest BCUT2D eigenvalue weighted by atomic mass is 79.9. The Kier molecular flexibility index (Phi) is 1.93. The molecule has 2 rings (SSSR count). The van der Waals surface area contributed by atoms with Crippen molar-refractivity contribution in [3.8, 4) is 5.69 Å². The highest BCUT2D eigenvalue weighted by Crippen LogP contribution is 2.13. The van der Waals surface area contributed by atoms with Gasteiger partial charge in [0.2, 0.25) is 5.95 Å². The van der Waals surface area contributed by atoms with Crippen LogP contribution in [0, 0.1) is 0 Å². The lowest BCUT2D eigenvalue weighted by molar-refractivity contribution is 0.788. The number of pyridine rings is 1. The first-order valence-corrected chi connectivity index (χ1v) is 4.21. The molecule has 0 aromatic carbocycles. The molecule has 0 aliphatic carbocycles. The molecule has 0 spiro atoms. The summed E-state index contributed by atoms with van der Waals surface area (Å²) in [6.07, 6.45) is 3.29. The summed E-state index contributed by atoms with van der Waals surface area (Å²) in [7, 11) is 0. The van der Waals surface area contributed by atoms with E-state index in [0.29, 0.717) is 0 Å². The molecule has 2 aromatic rings. The number of nitrogens with zero attached hydrogens (tertiary/aromatic N) is 5. The van der Waals surface area contributed by atoms with Crippen LogP contribution in [0.1, 0.15) is 0 Å². The van der Waals surface area contributed by atoms with Crippen LogP contribution >= 0.6 is 15.9 Å². The summed E-state index contributed by atoms with van der Waals surface area (Å²) in [6.45, 7) is 0. The van der Waals surface area contributed by atoms with Crippen LogP contribution in [0.15, 0.2) is 22.9 Å². The molecule has 2 heterocycles. The number of nitrogens with two attached hydrogens (primary N) is 1. The van der Waals surface area contributed by atoms with Crippen molar-refractivity contribution in [1.29, 1.82) is 0 Å². The Morgan fingerprint density at radius 2 is 2.23 bits per heavy atom. The van der Waals surface area contributed by atoms with Gasteiger partial charge in [0.15, 0.2) is 0 Å². The molecule has 0 radical (unpaired) electrons. The molecule has 0 aliphatic heterocycles. The Morgan fingerprint density at radius 3 is 2.85 bits per heavy atom. The van der Waals surface area contributed by atoms with E-state index in [9.17, 15) is 0 Å². The molecule has 7 heteroatoms. The van der Waals surface area contributed by atoms with E-state index in [0.717, 1.165) is 10.2 Å². The molecular weight excluding hydrogens is 236 g/mol. The van der Waals surface area contributed by atoms with E-state index in [4.69, 9.17) is 5.73 Å². The molecule has 0 fully saturated rings. The molecule has 6 nitrogen and oxygen atoms in total. The lowest BCUT2D eigenvalue weighted by Gasteiger charge is -1.99. The number of aromatic nitrogens is 5. The molecule has 0 bridgehead atoms. The van der Waals surface area contributed by atoms with E-state index in [-0.39, 0.29) is 5.95 Å². The summed E-state index contributed by atoms with van der Waals surface area (Å²) >= 11 is 3.29. The molecule has 0 saturated heterocycles. The number of halogens is 1. The molecule has 0 unspecified atom stereocenters. The smallest absolute Gasteiger partial charge is 0.245 e. The molecule has 0 saturated carbocycles. The molecule has 2 N–H and O–H groups in total. The Labute approximate surface area is 81.9 Å². The van der Waals surface area contributed by atoms with E-state index < -0.39 is 0 Å². The lowest BCUT2D eigenvalue weighted by atomic mass is 10.4. The molecule has 66 valence electrons. The van der Waals surface area contributed by atoms with Gasteiger partial charge in [0, 0.05) is 10.7 Å². The summed E-state index contributed by atoms with van der Waals surface area (Å²) in [5.74, 6) is 0.236. The van der Waals surface area contributed by atoms with Gasteiger partial charge in [-0.05, 0) is 32.4 Å². The van der Waals surface area contributed by atoms with Crippen molar-refractivity contribution in [2.24, 2.45) is 0 Å². The van der Waals surface area contributed by atoms with Crippen molar-refractivity contribution in [2.45, 2.75) is 0 Å². The highest BCUT2D eigenvalue weighted by molar-refractivity contribution is 9.10. The fourth-order valence-electron chi connectivity index (χ4n) is 0.894. The van der Waals surface area contributed by atoms with E-state index in [1.807, 2.05) is 6.07 Å². The monoisotopic (exact) mass is 240 g/mol. The van der Waals surface area contributed by atoms with Gasteiger partial charge in [0.25, 0.3) is 0 Å². The summed E-state index contributed by atoms with van der Waals surface area (Å²) in [6, 6.07) is 1.82. The molecule has 0 aliphatic rings. The first kappa shape index (κ1) is 8.11. The van der Waals surface area contributed by atoms with Crippen LogP contribution in [0.4, 0.5) is 5.95 Å². The largest absolute Gasteiger partial charge is 0.366 e. The maximum Gasteiger partial charge on any atom is 0.245 e. The third-order valence-corrected chi connectivity index (χ3v) is 1.86. The van der Waals surface area contributed by atoms with Crippen molar-refractivity contribution < 1.29 is 0 Å². The number of hydrogen-bond acceptors (Lipinski definition) is 5. The minimum absolute atomic E-state index is 0.236. The van der Waals surface area contributed by atoms with Crippen molar-refractivity contribution in [3.63, 3.8) is 0 Å². The topological polar surface area (TPSA) is 82.5 Å². The van der Waals surface area contributed by atoms with Crippen molar-refractivity contribution in [2.75, 3.05) is 5.73 Å². The summed E-state index contributed by atoms with van der Waals surface area (Å²) in [4.78, 5) is 3.96. The molecule has 0 amide bonds. The van der Waals surface area contributed by atoms with Crippen LogP contribution in [0.25, 0.3) is 5.69 Å². The van der Waals surface area contributed by atoms with Gasteiger partial charge in [-0.25, -0.2) is 0 Å². The quantitative estimate of drug-likeness (QED) is 0.781. The Bertz CT molecular complexity index is 425. The Hall–Kier alpha value is -1.50. The summed E-state index contributed by atoms with van der Waals surface area (Å²) in [5.41, 5.74) is 6.23. The number of anilines is 1. The SMILES string of the molecule is Nc1nnnn1-c1cncc(Br)c1. The third-order valence-electron chi connectivity index (χ3n) is 1.43. The first-order chi connectivity index (χ1) is 6.27. The average Bonchev–Trinajstić information content (AvgIpc) is 2.51. The first-order valence-electron chi connectivity index (χ1n) is 3.42. The maximum atomic E-state index is 5.51. The zero-order valence-electron chi connectivity index (χ0n) is 6.42. The van der Waals surface area contributed by atoms with Gasteiger partial charge in [0.1, 0.15) is 0 Å². The number of nitrogen functional groups attached to an aromatic ring is 1. The van der Waals surface area contributed by atoms with Gasteiger partial charge >= 0.3 is 0 Å². The zero-order valence-corrected chi connectivity index (χ0v) is 8.01. The number of tetrazole rings is 1. The van der Waals surface area contributed by atoms with Crippen LogP contribution < -0.4 is 5.73 Å². The van der Waals surface area contributed by atoms with E-state index in [1.54, 1.807) is 12.4 Å². The third kappa shape index (κ3) is 1.50. The second-order valence-electron chi connectivity index (χ2n) is 2.31. The van der Waals surface area contributed by atoms with Crippen LogP contribution in [0.5, 0.6) is 0 Å². The molecule has 2 aromatic heterocycles. The fraction of sp³-hybridized carbons (Fsp3) is 0. The maximum absolute atomic E-state index is 5.51. The van der Waals surface area contributed by atoms with Crippen molar-refractivity contribution >= 4 is 21.9 Å². The van der Waals surface area contributed by atoms with Gasteiger partial charge < -0.3 is 5.73 Å². The van der Waals surface area contributed by atoms with Gasteiger partial charge in [0.05, 0.1) is 11.9 Å². The minimum Gasteiger partial charge on any atom is -0.366 e. The predicted octanol–water partition coefficient (Wildman–Crippen LogP) is 0.402. The average molecular weight is 241 g/mol. The van der Waals surface area contributed by atoms with Crippen LogP contribution in [0.2, 0.25) is 0 Å². The second kappa shape index (κ2) is 3.09. The fourth-order valence-corrected chi connectivity index (χ4v) is 1.25. The Balaban J connectivity index is 2.53. The van der Waals surface area contributed by atoms with Gasteiger partial charge in [-0.3, -0.25) is 4.98 Å². The van der Waals surface area contributed by atoms with Crippen molar-refractivity contribution in [3.05, 3.63) is 22.9 Å². The van der Waals surface area contributed by atoms with E-state index in [1.165, 1.54) is 4.68 Å². The number of rotatable bonds is 1. The van der Waals surface area contributed by atoms with Crippen molar-refractivity contribution in [1.82, 2.24) is 25.2 Å². The molecular formula is C6H5BrN6. The molecule has 13 heavy (non-hydrogen) atoms. The van der Waals surface area contributed by atoms with Crippen LogP contribution in [0.3, 0.4) is 0 Å². The second-order valence-corrected chi connectivity index (χ2v) is 3.23. The van der Waals surface area contributed by atoms with Crippen LogP contribution in [-0.2, 0) is 0 Å². The van der Waals surface area contributed by atoms with Gasteiger partial charge in [-0.2, -0.15) is 4.68 Å². The van der Waals surface area contributed by atoms with E-state index in [2.05, 4.69) is 36.4 Å². The normalized spacial score (nSPS) is 10.2. The van der Waals surface area contributed by atoms with Gasteiger partial charge in [-0.1, -0.05) is 5.10 Å². The highest BCUT2D eigenvalue weighted by Gasteiger charge is 2.03. The zero-order chi connectivity index (χ0) is 9.26. The lowest BCUT2D eigenvalue weighted by Crippen LogP contribution is -2.02. The van der Waals surface area contributed by atoms with Crippen LogP contribution in [-0.4, -0.2) is 25.2 Å². The minimum atomic E-state index is 0.236. The Morgan fingerprint density at radius 1 is 1.38 bits per heavy atom. The summed E-state index contributed by atoms with van der Waals surface area (Å²) < 4.78 is 2.25. The summed E-state index contributed by atoms with van der Waals surface area (Å²) in [5, 5.41) is 10.7. The standard InChI is InChI=1S/C6H5BrN6/c7-4-1-5(3-9-2-4)13-6(8)10-11-12-13/h1-3H,(H2,8,10,12). The predicted molar refractivity (Wildman–Crippen MR) is 49.1 cm³/mol. The number of hydrogen-bond donors (Lipinski definition) is 1.